The average molecular weight is 320 g/mol. The van der Waals surface area contributed by atoms with Crippen LogP contribution in [0.1, 0.15) is 0 Å². The van der Waals surface area contributed by atoms with Crippen molar-refractivity contribution in [3.8, 4) is 22.2 Å². The Morgan fingerprint density at radius 2 is 2.18 bits per heavy atom. The summed E-state index contributed by atoms with van der Waals surface area (Å²) < 4.78 is 13.9. The number of rotatable bonds is 7. The van der Waals surface area contributed by atoms with Crippen LogP contribution in [0.2, 0.25) is 0 Å². The van der Waals surface area contributed by atoms with E-state index in [0.29, 0.717) is 25.6 Å². The van der Waals surface area contributed by atoms with Gasteiger partial charge in [0.15, 0.2) is 10.8 Å². The second-order valence-electron chi connectivity index (χ2n) is 4.57. The molecule has 3 rings (SSSR count). The van der Waals surface area contributed by atoms with Crippen LogP contribution in [-0.4, -0.2) is 49.9 Å². The van der Waals surface area contributed by atoms with E-state index in [-0.39, 0.29) is 0 Å². The van der Waals surface area contributed by atoms with E-state index in [9.17, 15) is 0 Å². The molecule has 0 saturated heterocycles. The van der Waals surface area contributed by atoms with E-state index in [0.717, 1.165) is 16.5 Å². The fourth-order valence-electron chi connectivity index (χ4n) is 1.84. The maximum atomic E-state index is 5.39. The molecular formula is C13H16N6O2S. The summed E-state index contributed by atoms with van der Waals surface area (Å²) >= 11 is 1.53. The molecule has 0 aliphatic rings. The first-order chi connectivity index (χ1) is 10.8. The number of hydrogen-bond acceptors (Lipinski definition) is 7. The first kappa shape index (κ1) is 14.8. The van der Waals surface area contributed by atoms with Gasteiger partial charge in [-0.3, -0.25) is 0 Å². The van der Waals surface area contributed by atoms with Gasteiger partial charge in [-0.15, -0.1) is 16.4 Å². The summed E-state index contributed by atoms with van der Waals surface area (Å²) in [5.41, 5.74) is 1.50. The van der Waals surface area contributed by atoms with Crippen LogP contribution in [0, 0.1) is 0 Å². The minimum absolute atomic E-state index is 0.340. The standard InChI is InChI=1S/C13H16N6O2S/c1-18-4-3-14-12(18)13-15-11(8-22-13)10-7-19(17-16-10)9-21-6-5-20-2/h3-4,7-8H,5-6,9H2,1-2H3. The number of hydrogen-bond donors (Lipinski definition) is 0. The summed E-state index contributed by atoms with van der Waals surface area (Å²) in [7, 11) is 3.58. The number of aromatic nitrogens is 6. The highest BCUT2D eigenvalue weighted by Gasteiger charge is 2.12. The van der Waals surface area contributed by atoms with Gasteiger partial charge >= 0.3 is 0 Å². The Morgan fingerprint density at radius 3 is 2.95 bits per heavy atom. The molecule has 0 bridgehead atoms. The predicted molar refractivity (Wildman–Crippen MR) is 81.2 cm³/mol. The molecule has 0 N–H and O–H groups in total. The van der Waals surface area contributed by atoms with Crippen LogP contribution in [0.4, 0.5) is 0 Å². The topological polar surface area (TPSA) is 79.9 Å². The van der Waals surface area contributed by atoms with Gasteiger partial charge in [0.25, 0.3) is 0 Å². The molecule has 0 aliphatic carbocycles. The van der Waals surface area contributed by atoms with Crippen LogP contribution in [-0.2, 0) is 23.3 Å². The highest BCUT2D eigenvalue weighted by Crippen LogP contribution is 2.26. The number of imidazole rings is 1. The molecule has 3 aromatic rings. The fourth-order valence-corrected chi connectivity index (χ4v) is 2.69. The van der Waals surface area contributed by atoms with Crippen molar-refractivity contribution >= 4 is 11.3 Å². The fraction of sp³-hybridized carbons (Fsp3) is 0.385. The van der Waals surface area contributed by atoms with Gasteiger partial charge in [0.1, 0.15) is 18.1 Å². The largest absolute Gasteiger partial charge is 0.382 e. The molecule has 0 saturated carbocycles. The lowest BCUT2D eigenvalue weighted by Crippen LogP contribution is -2.07. The molecule has 0 spiro atoms. The molecule has 0 atom stereocenters. The van der Waals surface area contributed by atoms with Crippen molar-refractivity contribution in [1.29, 1.82) is 0 Å². The van der Waals surface area contributed by atoms with E-state index in [1.807, 2.05) is 29.4 Å². The summed E-state index contributed by atoms with van der Waals surface area (Å²) in [5, 5.41) is 10.9. The Bertz CT molecular complexity index is 734. The molecule has 22 heavy (non-hydrogen) atoms. The third-order valence-corrected chi connectivity index (χ3v) is 3.81. The van der Waals surface area contributed by atoms with Gasteiger partial charge in [0, 0.05) is 31.9 Å². The van der Waals surface area contributed by atoms with Gasteiger partial charge in [-0.05, 0) is 0 Å². The summed E-state index contributed by atoms with van der Waals surface area (Å²) in [6.45, 7) is 1.42. The molecule has 8 nitrogen and oxygen atoms in total. The van der Waals surface area contributed by atoms with Gasteiger partial charge in [0.2, 0.25) is 0 Å². The lowest BCUT2D eigenvalue weighted by Gasteiger charge is -2.01. The van der Waals surface area contributed by atoms with Gasteiger partial charge in [-0.25, -0.2) is 14.6 Å². The number of methoxy groups -OCH3 is 1. The first-order valence-electron chi connectivity index (χ1n) is 6.68. The third-order valence-electron chi connectivity index (χ3n) is 2.97. The Balaban J connectivity index is 1.69. The molecule has 0 aromatic carbocycles. The minimum Gasteiger partial charge on any atom is -0.382 e. The monoisotopic (exact) mass is 320 g/mol. The molecule has 9 heteroatoms. The Morgan fingerprint density at radius 1 is 1.27 bits per heavy atom. The highest BCUT2D eigenvalue weighted by atomic mass is 32.1. The van der Waals surface area contributed by atoms with Crippen LogP contribution in [0.25, 0.3) is 22.2 Å². The van der Waals surface area contributed by atoms with Crippen molar-refractivity contribution in [2.45, 2.75) is 6.73 Å². The number of ether oxygens (including phenoxy) is 2. The lowest BCUT2D eigenvalue weighted by molar-refractivity contribution is 0.0281. The van der Waals surface area contributed by atoms with E-state index in [1.165, 1.54) is 11.3 Å². The van der Waals surface area contributed by atoms with Crippen molar-refractivity contribution < 1.29 is 9.47 Å². The van der Waals surface area contributed by atoms with Gasteiger partial charge in [-0.2, -0.15) is 0 Å². The summed E-state index contributed by atoms with van der Waals surface area (Å²) in [6.07, 6.45) is 5.46. The van der Waals surface area contributed by atoms with Crippen molar-refractivity contribution in [3.63, 3.8) is 0 Å². The van der Waals surface area contributed by atoms with Crippen LogP contribution >= 0.6 is 11.3 Å². The summed E-state index contributed by atoms with van der Waals surface area (Å²) in [6, 6.07) is 0. The van der Waals surface area contributed by atoms with Crippen molar-refractivity contribution in [3.05, 3.63) is 24.0 Å². The van der Waals surface area contributed by atoms with Crippen LogP contribution in [0.3, 0.4) is 0 Å². The minimum atomic E-state index is 0.340. The van der Waals surface area contributed by atoms with E-state index in [4.69, 9.17) is 9.47 Å². The molecule has 0 unspecified atom stereocenters. The smallest absolute Gasteiger partial charge is 0.168 e. The van der Waals surface area contributed by atoms with Crippen LogP contribution in [0.15, 0.2) is 24.0 Å². The lowest BCUT2D eigenvalue weighted by atomic mass is 10.4. The van der Waals surface area contributed by atoms with Crippen molar-refractivity contribution in [1.82, 2.24) is 29.5 Å². The normalized spacial score (nSPS) is 11.2. The van der Waals surface area contributed by atoms with E-state index in [2.05, 4.69) is 20.3 Å². The number of nitrogens with zero attached hydrogens (tertiary/aromatic N) is 6. The Hall–Kier alpha value is -2.10. The molecule has 3 heterocycles. The second-order valence-corrected chi connectivity index (χ2v) is 5.43. The molecule has 0 amide bonds. The van der Waals surface area contributed by atoms with Gasteiger partial charge in [0.05, 0.1) is 19.4 Å². The third kappa shape index (κ3) is 3.21. The maximum absolute atomic E-state index is 5.39. The quantitative estimate of drug-likeness (QED) is 0.613. The zero-order chi connectivity index (χ0) is 15.4. The Kier molecular flexibility index (Phi) is 4.56. The van der Waals surface area contributed by atoms with Crippen molar-refractivity contribution in [2.75, 3.05) is 20.3 Å². The predicted octanol–water partition coefficient (Wildman–Crippen LogP) is 1.42. The molecular weight excluding hydrogens is 304 g/mol. The first-order valence-corrected chi connectivity index (χ1v) is 7.56. The number of aryl methyl sites for hydroxylation is 1. The van der Waals surface area contributed by atoms with E-state index in [1.54, 1.807) is 18.0 Å². The summed E-state index contributed by atoms with van der Waals surface area (Å²) in [4.78, 5) is 8.86. The van der Waals surface area contributed by atoms with Crippen molar-refractivity contribution in [2.24, 2.45) is 7.05 Å². The van der Waals surface area contributed by atoms with E-state index < -0.39 is 0 Å². The molecule has 0 aliphatic heterocycles. The Labute approximate surface area is 131 Å². The molecule has 3 aromatic heterocycles. The maximum Gasteiger partial charge on any atom is 0.168 e. The molecule has 0 fully saturated rings. The highest BCUT2D eigenvalue weighted by molar-refractivity contribution is 7.13. The second kappa shape index (κ2) is 6.77. The van der Waals surface area contributed by atoms with Crippen LogP contribution < -0.4 is 0 Å². The molecule has 0 radical (unpaired) electrons. The number of thiazole rings is 1. The zero-order valence-corrected chi connectivity index (χ0v) is 13.2. The van der Waals surface area contributed by atoms with Gasteiger partial charge < -0.3 is 14.0 Å². The molecule has 116 valence electrons. The summed E-state index contributed by atoms with van der Waals surface area (Å²) in [5.74, 6) is 0.839. The zero-order valence-electron chi connectivity index (χ0n) is 12.3. The van der Waals surface area contributed by atoms with Gasteiger partial charge in [-0.1, -0.05) is 5.21 Å². The SMILES string of the molecule is COCCOCn1cc(-c2csc(-c3nccn3C)n2)nn1. The van der Waals surface area contributed by atoms with E-state index >= 15 is 0 Å². The van der Waals surface area contributed by atoms with Crippen LogP contribution in [0.5, 0.6) is 0 Å². The average Bonchev–Trinajstić information content (AvgIpc) is 3.23.